The van der Waals surface area contributed by atoms with Crippen LogP contribution in [0.2, 0.25) is 0 Å². The van der Waals surface area contributed by atoms with E-state index in [1.54, 1.807) is 18.0 Å². The van der Waals surface area contributed by atoms with Gasteiger partial charge in [-0.15, -0.1) is 0 Å². The highest BCUT2D eigenvalue weighted by atomic mass is 32.2. The number of anilines is 2. The number of aromatic nitrogens is 1. The number of carbonyl (C=O) groups is 1. The molecule has 0 spiro atoms. The van der Waals surface area contributed by atoms with E-state index >= 15 is 0 Å². The first-order valence-electron chi connectivity index (χ1n) is 6.88. The van der Waals surface area contributed by atoms with E-state index in [0.29, 0.717) is 12.1 Å². The molecule has 1 atom stereocenters. The summed E-state index contributed by atoms with van der Waals surface area (Å²) in [5.74, 6) is 1.64. The van der Waals surface area contributed by atoms with E-state index in [0.717, 1.165) is 24.7 Å². The van der Waals surface area contributed by atoms with Crippen LogP contribution < -0.4 is 16.0 Å². The molecule has 0 aliphatic carbocycles. The average Bonchev–Trinajstić information content (AvgIpc) is 2.47. The van der Waals surface area contributed by atoms with Gasteiger partial charge < -0.3 is 16.0 Å². The minimum Gasteiger partial charge on any atom is -0.357 e. The van der Waals surface area contributed by atoms with Crippen LogP contribution in [0, 0.1) is 0 Å². The average molecular weight is 296 g/mol. The van der Waals surface area contributed by atoms with Crippen LogP contribution in [0.25, 0.3) is 0 Å². The van der Waals surface area contributed by atoms with Crippen molar-refractivity contribution in [3.05, 3.63) is 18.3 Å². The van der Waals surface area contributed by atoms with Gasteiger partial charge in [-0.05, 0) is 44.4 Å². The summed E-state index contributed by atoms with van der Waals surface area (Å²) in [7, 11) is 0. The largest absolute Gasteiger partial charge is 0.357 e. The minimum atomic E-state index is -0.468. The van der Waals surface area contributed by atoms with Crippen LogP contribution in [0.3, 0.4) is 0 Å². The first-order valence-corrected chi connectivity index (χ1v) is 8.28. The number of rotatable bonds is 8. The molecule has 0 aliphatic rings. The lowest BCUT2D eigenvalue weighted by molar-refractivity contribution is -0.117. The fraction of sp³-hybridized carbons (Fsp3) is 0.571. The summed E-state index contributed by atoms with van der Waals surface area (Å²) in [6, 6.07) is 3.31. The van der Waals surface area contributed by atoms with Gasteiger partial charge in [0.1, 0.15) is 5.82 Å². The molecule has 1 aromatic heterocycles. The fourth-order valence-electron chi connectivity index (χ4n) is 1.81. The minimum absolute atomic E-state index is 0.156. The van der Waals surface area contributed by atoms with E-state index in [2.05, 4.69) is 29.0 Å². The van der Waals surface area contributed by atoms with Gasteiger partial charge in [-0.3, -0.25) is 4.79 Å². The maximum atomic E-state index is 11.9. The Morgan fingerprint density at radius 3 is 2.65 bits per heavy atom. The Kier molecular flexibility index (Phi) is 7.40. The molecule has 0 saturated heterocycles. The van der Waals surface area contributed by atoms with Crippen LogP contribution in [0.5, 0.6) is 0 Å². The molecule has 0 bridgehead atoms. The van der Waals surface area contributed by atoms with Crippen LogP contribution in [-0.2, 0) is 4.79 Å². The van der Waals surface area contributed by atoms with Crippen molar-refractivity contribution in [2.45, 2.75) is 26.3 Å². The number of pyridine rings is 1. The van der Waals surface area contributed by atoms with Gasteiger partial charge in [0.2, 0.25) is 5.91 Å². The van der Waals surface area contributed by atoms with Gasteiger partial charge in [0.05, 0.1) is 17.9 Å². The Bertz CT molecular complexity index is 406. The first-order chi connectivity index (χ1) is 9.62. The molecule has 0 aliphatic heterocycles. The van der Waals surface area contributed by atoms with E-state index in [-0.39, 0.29) is 5.91 Å². The molecular weight excluding hydrogens is 272 g/mol. The van der Waals surface area contributed by atoms with E-state index in [9.17, 15) is 4.79 Å². The number of amides is 1. The third kappa shape index (κ3) is 5.02. The number of nitrogens with zero attached hydrogens (tertiary/aromatic N) is 2. The molecule has 1 amide bonds. The van der Waals surface area contributed by atoms with E-state index in [4.69, 9.17) is 5.73 Å². The summed E-state index contributed by atoms with van der Waals surface area (Å²) in [6.45, 7) is 6.00. The lowest BCUT2D eigenvalue weighted by Crippen LogP contribution is -2.36. The van der Waals surface area contributed by atoms with Gasteiger partial charge in [0.25, 0.3) is 0 Å². The van der Waals surface area contributed by atoms with Crippen molar-refractivity contribution in [2.24, 2.45) is 5.73 Å². The fourth-order valence-corrected chi connectivity index (χ4v) is 2.30. The molecule has 1 aromatic rings. The predicted molar refractivity (Wildman–Crippen MR) is 87.4 cm³/mol. The summed E-state index contributed by atoms with van der Waals surface area (Å²) in [5, 5.41) is 2.80. The number of thioether (sulfide) groups is 1. The van der Waals surface area contributed by atoms with E-state index in [1.807, 2.05) is 18.4 Å². The zero-order chi connectivity index (χ0) is 15.0. The summed E-state index contributed by atoms with van der Waals surface area (Å²) >= 11 is 1.69. The van der Waals surface area contributed by atoms with Crippen LogP contribution in [0.4, 0.5) is 11.5 Å². The Morgan fingerprint density at radius 2 is 2.15 bits per heavy atom. The molecule has 1 rings (SSSR count). The normalized spacial score (nSPS) is 12.0. The van der Waals surface area contributed by atoms with Crippen molar-refractivity contribution in [1.29, 1.82) is 0 Å². The van der Waals surface area contributed by atoms with Gasteiger partial charge in [-0.2, -0.15) is 11.8 Å². The molecule has 20 heavy (non-hydrogen) atoms. The van der Waals surface area contributed by atoms with Gasteiger partial charge >= 0.3 is 0 Å². The van der Waals surface area contributed by atoms with Crippen LogP contribution in [0.15, 0.2) is 18.3 Å². The molecule has 0 saturated carbocycles. The predicted octanol–water partition coefficient (Wildman–Crippen LogP) is 1.95. The SMILES string of the molecule is CCN(CC)c1ccc(NC(=O)[C@H](N)CCSC)cn1. The van der Waals surface area contributed by atoms with Gasteiger partial charge in [0.15, 0.2) is 0 Å². The summed E-state index contributed by atoms with van der Waals surface area (Å²) in [6.07, 6.45) is 4.35. The number of nitrogens with two attached hydrogens (primary N) is 1. The standard InChI is InChI=1S/C14H24N4OS/c1-4-18(5-2)13-7-6-11(10-16-13)17-14(19)12(15)8-9-20-3/h6-7,10,12H,4-5,8-9,15H2,1-3H3,(H,17,19)/t12-/m1/s1. The highest BCUT2D eigenvalue weighted by Gasteiger charge is 2.13. The number of hydrogen-bond donors (Lipinski definition) is 2. The Balaban J connectivity index is 2.58. The Labute approximate surface area is 125 Å². The molecule has 1 heterocycles. The quantitative estimate of drug-likeness (QED) is 0.767. The molecule has 0 radical (unpaired) electrons. The summed E-state index contributed by atoms with van der Waals surface area (Å²) in [5.41, 5.74) is 6.50. The topological polar surface area (TPSA) is 71.2 Å². The lowest BCUT2D eigenvalue weighted by atomic mass is 10.2. The highest BCUT2D eigenvalue weighted by Crippen LogP contribution is 2.14. The highest BCUT2D eigenvalue weighted by molar-refractivity contribution is 7.98. The van der Waals surface area contributed by atoms with Gasteiger partial charge in [-0.1, -0.05) is 0 Å². The monoisotopic (exact) mass is 296 g/mol. The molecule has 6 heteroatoms. The van der Waals surface area contributed by atoms with Gasteiger partial charge in [0, 0.05) is 13.1 Å². The maximum absolute atomic E-state index is 11.9. The molecule has 5 nitrogen and oxygen atoms in total. The van der Waals surface area contributed by atoms with Crippen molar-refractivity contribution in [1.82, 2.24) is 4.98 Å². The first kappa shape index (κ1) is 16.8. The van der Waals surface area contributed by atoms with Crippen molar-refractivity contribution in [2.75, 3.05) is 35.3 Å². The number of hydrogen-bond acceptors (Lipinski definition) is 5. The molecular formula is C14H24N4OS. The van der Waals surface area contributed by atoms with Crippen molar-refractivity contribution in [3.8, 4) is 0 Å². The summed E-state index contributed by atoms with van der Waals surface area (Å²) in [4.78, 5) is 18.4. The zero-order valence-corrected chi connectivity index (χ0v) is 13.2. The lowest BCUT2D eigenvalue weighted by Gasteiger charge is -2.19. The second kappa shape index (κ2) is 8.81. The van der Waals surface area contributed by atoms with Crippen molar-refractivity contribution in [3.63, 3.8) is 0 Å². The zero-order valence-electron chi connectivity index (χ0n) is 12.4. The molecule has 0 unspecified atom stereocenters. The third-order valence-electron chi connectivity index (χ3n) is 3.07. The summed E-state index contributed by atoms with van der Waals surface area (Å²) < 4.78 is 0. The Hall–Kier alpha value is -1.27. The van der Waals surface area contributed by atoms with Crippen molar-refractivity contribution >= 4 is 29.2 Å². The number of carbonyl (C=O) groups excluding carboxylic acids is 1. The molecule has 0 aromatic carbocycles. The van der Waals surface area contributed by atoms with Crippen LogP contribution >= 0.6 is 11.8 Å². The van der Waals surface area contributed by atoms with E-state index in [1.165, 1.54) is 0 Å². The van der Waals surface area contributed by atoms with E-state index < -0.39 is 6.04 Å². The Morgan fingerprint density at radius 1 is 1.45 bits per heavy atom. The van der Waals surface area contributed by atoms with Crippen molar-refractivity contribution < 1.29 is 4.79 Å². The molecule has 0 fully saturated rings. The smallest absolute Gasteiger partial charge is 0.241 e. The second-order valence-corrected chi connectivity index (χ2v) is 5.44. The number of nitrogens with one attached hydrogen (secondary N) is 1. The maximum Gasteiger partial charge on any atom is 0.241 e. The molecule has 3 N–H and O–H groups in total. The second-order valence-electron chi connectivity index (χ2n) is 4.45. The van der Waals surface area contributed by atoms with Crippen LogP contribution in [0.1, 0.15) is 20.3 Å². The van der Waals surface area contributed by atoms with Gasteiger partial charge in [-0.25, -0.2) is 4.98 Å². The third-order valence-corrected chi connectivity index (χ3v) is 3.72. The molecule has 112 valence electrons. The van der Waals surface area contributed by atoms with Crippen LogP contribution in [-0.4, -0.2) is 42.0 Å².